The van der Waals surface area contributed by atoms with Crippen molar-refractivity contribution in [3.8, 4) is 5.75 Å². The van der Waals surface area contributed by atoms with Crippen LogP contribution in [-0.4, -0.2) is 16.8 Å². The van der Waals surface area contributed by atoms with E-state index in [2.05, 4.69) is 97.4 Å². The molecular formula is C25H19I3N2O3. The summed E-state index contributed by atoms with van der Waals surface area (Å²) in [5.74, 6) is 0.477. The molecule has 1 fully saturated rings. The van der Waals surface area contributed by atoms with Crippen LogP contribution in [0.5, 0.6) is 5.75 Å². The van der Waals surface area contributed by atoms with Crippen LogP contribution in [0.1, 0.15) is 22.3 Å². The van der Waals surface area contributed by atoms with Crippen molar-refractivity contribution in [3.05, 3.63) is 99.3 Å². The van der Waals surface area contributed by atoms with E-state index in [1.165, 1.54) is 8.47 Å². The Labute approximate surface area is 233 Å². The molecule has 3 amide bonds. The molecule has 0 aromatic heterocycles. The van der Waals surface area contributed by atoms with Gasteiger partial charge in [0.25, 0.3) is 5.91 Å². The summed E-state index contributed by atoms with van der Waals surface area (Å²) >= 11 is 6.75. The molecule has 0 spiro atoms. The van der Waals surface area contributed by atoms with Gasteiger partial charge in [0.2, 0.25) is 0 Å². The number of nitrogens with zero attached hydrogens (tertiary/aromatic N) is 1. The van der Waals surface area contributed by atoms with E-state index in [0.29, 0.717) is 6.61 Å². The molecule has 1 aliphatic heterocycles. The maximum atomic E-state index is 12.9. The highest BCUT2D eigenvalue weighted by Crippen LogP contribution is 2.31. The highest BCUT2D eigenvalue weighted by Gasteiger charge is 2.33. The Hall–Kier alpha value is -1.67. The fourth-order valence-corrected chi connectivity index (χ4v) is 5.90. The van der Waals surface area contributed by atoms with E-state index in [9.17, 15) is 9.59 Å². The predicted molar refractivity (Wildman–Crippen MR) is 154 cm³/mol. The van der Waals surface area contributed by atoms with Crippen molar-refractivity contribution >= 4 is 85.8 Å². The first-order valence-corrected chi connectivity index (χ1v) is 13.3. The van der Waals surface area contributed by atoms with Gasteiger partial charge >= 0.3 is 6.03 Å². The monoisotopic (exact) mass is 776 g/mol. The molecule has 8 heteroatoms. The number of imide groups is 1. The molecule has 3 aromatic carbocycles. The van der Waals surface area contributed by atoms with Crippen LogP contribution in [0.2, 0.25) is 0 Å². The number of hydrogen-bond donors (Lipinski definition) is 1. The first-order valence-electron chi connectivity index (χ1n) is 10.1. The first kappa shape index (κ1) is 24.5. The zero-order valence-electron chi connectivity index (χ0n) is 17.6. The molecule has 0 bridgehead atoms. The maximum absolute atomic E-state index is 12.9. The van der Waals surface area contributed by atoms with Crippen LogP contribution < -0.4 is 10.1 Å². The van der Waals surface area contributed by atoms with Gasteiger partial charge in [-0.1, -0.05) is 42.0 Å². The van der Waals surface area contributed by atoms with Crippen LogP contribution in [0, 0.1) is 17.6 Å². The highest BCUT2D eigenvalue weighted by molar-refractivity contribution is 14.1. The molecule has 0 aliphatic carbocycles. The van der Waals surface area contributed by atoms with Crippen LogP contribution in [0.15, 0.2) is 66.4 Å². The summed E-state index contributed by atoms with van der Waals surface area (Å²) in [6.45, 7) is 2.70. The molecule has 0 atom stereocenters. The normalized spacial score (nSPS) is 14.7. The average Bonchev–Trinajstić information content (AvgIpc) is 3.02. The third kappa shape index (κ3) is 6.07. The minimum absolute atomic E-state index is 0.240. The SMILES string of the molecule is Cc1cccc(CN2C(=O)N/C(=C/c3cc(I)c(OCc4ccc(I)cc4)c(I)c3)C2=O)c1. The molecule has 0 radical (unpaired) electrons. The largest absolute Gasteiger partial charge is 0.487 e. The van der Waals surface area contributed by atoms with Gasteiger partial charge in [-0.2, -0.15) is 0 Å². The van der Waals surface area contributed by atoms with Crippen LogP contribution in [-0.2, 0) is 17.9 Å². The Kier molecular flexibility index (Phi) is 7.95. The van der Waals surface area contributed by atoms with Crippen molar-refractivity contribution in [2.75, 3.05) is 0 Å². The first-order chi connectivity index (χ1) is 15.8. The van der Waals surface area contributed by atoms with Crippen molar-refractivity contribution < 1.29 is 14.3 Å². The van der Waals surface area contributed by atoms with Crippen LogP contribution in [0.4, 0.5) is 4.79 Å². The lowest BCUT2D eigenvalue weighted by atomic mass is 10.1. The highest BCUT2D eigenvalue weighted by atomic mass is 127. The third-order valence-corrected chi connectivity index (χ3v) is 7.34. The van der Waals surface area contributed by atoms with Crippen LogP contribution in [0.3, 0.4) is 0 Å². The average molecular weight is 776 g/mol. The van der Waals surface area contributed by atoms with Crippen molar-refractivity contribution in [3.63, 3.8) is 0 Å². The summed E-state index contributed by atoms with van der Waals surface area (Å²) in [7, 11) is 0. The fourth-order valence-electron chi connectivity index (χ4n) is 3.41. The molecule has 1 N–H and O–H groups in total. The summed E-state index contributed by atoms with van der Waals surface area (Å²) in [6, 6.07) is 19.5. The number of amides is 3. The Bertz CT molecular complexity index is 1230. The number of carbonyl (C=O) groups is 2. The Morgan fingerprint density at radius 2 is 1.64 bits per heavy atom. The smallest absolute Gasteiger partial charge is 0.329 e. The van der Waals surface area contributed by atoms with E-state index in [4.69, 9.17) is 4.74 Å². The molecule has 1 heterocycles. The van der Waals surface area contributed by atoms with E-state index in [-0.39, 0.29) is 18.1 Å². The number of nitrogens with one attached hydrogen (secondary N) is 1. The molecule has 0 unspecified atom stereocenters. The van der Waals surface area contributed by atoms with Gasteiger partial charge in [0.15, 0.2) is 0 Å². The van der Waals surface area contributed by atoms with E-state index < -0.39 is 6.03 Å². The number of halogens is 3. The van der Waals surface area contributed by atoms with Gasteiger partial charge in [-0.05, 0) is 122 Å². The van der Waals surface area contributed by atoms with Gasteiger partial charge in [0.05, 0.1) is 13.7 Å². The van der Waals surface area contributed by atoms with Gasteiger partial charge in [0, 0.05) is 3.57 Å². The second-order valence-corrected chi connectivity index (χ2v) is 11.2. The standard InChI is InChI=1S/C25H19I3N2O3/c1-15-3-2-4-17(9-15)13-30-24(31)22(29-25(30)32)12-18-10-20(27)23(21(28)11-18)33-14-16-5-7-19(26)8-6-16/h2-12H,13-14H2,1H3,(H,29,32)/b22-12+. The molecule has 1 saturated heterocycles. The zero-order valence-corrected chi connectivity index (χ0v) is 24.0. The topological polar surface area (TPSA) is 58.6 Å². The lowest BCUT2D eigenvalue weighted by Gasteiger charge is -2.12. The molecule has 3 aromatic rings. The van der Waals surface area contributed by atoms with Gasteiger partial charge < -0.3 is 10.1 Å². The minimum Gasteiger partial charge on any atom is -0.487 e. The minimum atomic E-state index is -0.408. The summed E-state index contributed by atoms with van der Waals surface area (Å²) in [5, 5.41) is 2.70. The number of ether oxygens (including phenoxy) is 1. The molecule has 33 heavy (non-hydrogen) atoms. The summed E-state index contributed by atoms with van der Waals surface area (Å²) < 4.78 is 9.12. The molecule has 168 valence electrons. The Balaban J connectivity index is 1.49. The molecular weight excluding hydrogens is 757 g/mol. The number of benzene rings is 3. The second-order valence-electron chi connectivity index (χ2n) is 7.60. The van der Waals surface area contributed by atoms with Gasteiger partial charge in [-0.25, -0.2) is 4.79 Å². The van der Waals surface area contributed by atoms with E-state index >= 15 is 0 Å². The van der Waals surface area contributed by atoms with E-state index in [1.807, 2.05) is 43.3 Å². The van der Waals surface area contributed by atoms with E-state index in [0.717, 1.165) is 35.1 Å². The second kappa shape index (κ2) is 10.7. The number of rotatable bonds is 6. The van der Waals surface area contributed by atoms with Crippen molar-refractivity contribution in [2.24, 2.45) is 0 Å². The quantitative estimate of drug-likeness (QED) is 0.177. The molecule has 5 nitrogen and oxygen atoms in total. The lowest BCUT2D eigenvalue weighted by molar-refractivity contribution is -0.123. The Morgan fingerprint density at radius 1 is 0.939 bits per heavy atom. The summed E-state index contributed by atoms with van der Waals surface area (Å²) in [5.41, 5.74) is 4.20. The fraction of sp³-hybridized carbons (Fsp3) is 0.120. The van der Waals surface area contributed by atoms with E-state index in [1.54, 1.807) is 6.08 Å². The number of urea groups is 1. The number of aryl methyl sites for hydroxylation is 1. The van der Waals surface area contributed by atoms with Gasteiger partial charge in [0.1, 0.15) is 18.1 Å². The zero-order chi connectivity index (χ0) is 23.5. The van der Waals surface area contributed by atoms with Crippen molar-refractivity contribution in [1.29, 1.82) is 0 Å². The summed E-state index contributed by atoms with van der Waals surface area (Å²) in [4.78, 5) is 26.5. The van der Waals surface area contributed by atoms with Gasteiger partial charge in [-0.15, -0.1) is 0 Å². The molecule has 1 aliphatic rings. The summed E-state index contributed by atoms with van der Waals surface area (Å²) in [6.07, 6.45) is 1.71. The molecule has 4 rings (SSSR count). The maximum Gasteiger partial charge on any atom is 0.329 e. The van der Waals surface area contributed by atoms with Crippen LogP contribution in [0.25, 0.3) is 6.08 Å². The predicted octanol–water partition coefficient (Wildman–Crippen LogP) is 6.48. The van der Waals surface area contributed by atoms with Crippen LogP contribution >= 0.6 is 67.8 Å². The Morgan fingerprint density at radius 3 is 2.30 bits per heavy atom. The lowest BCUT2D eigenvalue weighted by Crippen LogP contribution is -2.30. The molecule has 0 saturated carbocycles. The number of hydrogen-bond acceptors (Lipinski definition) is 3. The van der Waals surface area contributed by atoms with Gasteiger partial charge in [-0.3, -0.25) is 9.69 Å². The third-order valence-electron chi connectivity index (χ3n) is 5.01. The van der Waals surface area contributed by atoms with Crippen molar-refractivity contribution in [2.45, 2.75) is 20.1 Å². The van der Waals surface area contributed by atoms with Crippen molar-refractivity contribution in [1.82, 2.24) is 10.2 Å². The number of carbonyl (C=O) groups excluding carboxylic acids is 2.